The first-order valence-corrected chi connectivity index (χ1v) is 13.9. The highest BCUT2D eigenvalue weighted by molar-refractivity contribution is 7.90. The summed E-state index contributed by atoms with van der Waals surface area (Å²) in [5, 5.41) is 6.58. The number of aromatic nitrogens is 1. The maximum atomic E-state index is 10.2. The minimum Gasteiger partial charge on any atom is -0.365 e. The first-order valence-electron chi connectivity index (χ1n) is 11.1. The van der Waals surface area contributed by atoms with E-state index in [-0.39, 0.29) is 10.9 Å². The van der Waals surface area contributed by atoms with E-state index in [0.717, 1.165) is 42.1 Å². The summed E-state index contributed by atoms with van der Waals surface area (Å²) in [5.41, 5.74) is 4.38. The molecule has 3 heterocycles. The molecule has 0 spiro atoms. The second-order valence-electron chi connectivity index (χ2n) is 8.94. The zero-order chi connectivity index (χ0) is 23.9. The average Bonchev–Trinajstić information content (AvgIpc) is 3.74. The van der Waals surface area contributed by atoms with Crippen LogP contribution >= 0.6 is 22.9 Å². The van der Waals surface area contributed by atoms with E-state index in [1.807, 2.05) is 41.8 Å². The van der Waals surface area contributed by atoms with Crippen molar-refractivity contribution in [3.8, 4) is 11.3 Å². The molecule has 34 heavy (non-hydrogen) atoms. The normalized spacial score (nSPS) is 19.5. The number of fused-ring (bicyclic) bond motifs is 1. The molecule has 2 aromatic carbocycles. The van der Waals surface area contributed by atoms with Crippen LogP contribution in [0.3, 0.4) is 0 Å². The molecule has 1 unspecified atom stereocenters. The second-order valence-corrected chi connectivity index (χ2v) is 12.3. The van der Waals surface area contributed by atoms with E-state index >= 15 is 0 Å². The molecule has 2 aliphatic rings. The van der Waals surface area contributed by atoms with Crippen molar-refractivity contribution in [2.45, 2.75) is 37.0 Å². The van der Waals surface area contributed by atoms with Gasteiger partial charge in [0.05, 0.1) is 17.6 Å². The number of nitrogens with zero attached hydrogens (tertiary/aromatic N) is 1. The van der Waals surface area contributed by atoms with Gasteiger partial charge in [-0.05, 0) is 60.5 Å². The van der Waals surface area contributed by atoms with Gasteiger partial charge in [0.25, 0.3) is 0 Å². The van der Waals surface area contributed by atoms with Gasteiger partial charge in [0.1, 0.15) is 5.60 Å². The van der Waals surface area contributed by atoms with Crippen LogP contribution in [0.2, 0.25) is 5.02 Å². The zero-order valence-electron chi connectivity index (χ0n) is 18.7. The third-order valence-corrected chi connectivity index (χ3v) is 9.08. The fraction of sp³-hybridized carbons (Fsp3) is 0.269. The van der Waals surface area contributed by atoms with Gasteiger partial charge >= 0.3 is 0 Å². The fourth-order valence-corrected chi connectivity index (χ4v) is 6.01. The number of hydrogen-bond acceptors (Lipinski definition) is 5. The number of halogens is 1. The number of ether oxygens (including phenoxy) is 1. The van der Waals surface area contributed by atoms with E-state index in [2.05, 4.69) is 48.3 Å². The molecule has 1 saturated heterocycles. The number of rotatable bonds is 5. The molecule has 1 aliphatic heterocycles. The van der Waals surface area contributed by atoms with Gasteiger partial charge in [0.2, 0.25) is 10.0 Å². The SMILES string of the molecule is CC1(c2ccnc(-c3cccc4cc(Cc5ccccc5Cl)sc34)c2)CO1.NS(=O)(=O)C1CC1. The lowest BCUT2D eigenvalue weighted by Crippen LogP contribution is -2.16. The Morgan fingerprint density at radius 2 is 1.91 bits per heavy atom. The lowest BCUT2D eigenvalue weighted by molar-refractivity contribution is 0.329. The Hall–Kier alpha value is -2.29. The Bertz CT molecular complexity index is 1460. The fourth-order valence-electron chi connectivity index (χ4n) is 3.81. The topological polar surface area (TPSA) is 85.6 Å². The van der Waals surface area contributed by atoms with E-state index in [1.165, 1.54) is 26.1 Å². The molecular formula is C26H25ClN2O3S2. The van der Waals surface area contributed by atoms with E-state index in [4.69, 9.17) is 21.5 Å². The summed E-state index contributed by atoms with van der Waals surface area (Å²) in [5.74, 6) is 0. The molecule has 2 aromatic heterocycles. The summed E-state index contributed by atoms with van der Waals surface area (Å²) < 4.78 is 27.2. The number of pyridine rings is 1. The maximum Gasteiger partial charge on any atom is 0.211 e. The standard InChI is InChI=1S/C23H18ClNOS.C3H7NO2S/c1-23(14-26-23)17-9-10-25-21(13-17)19-7-4-6-16-12-18(27-22(16)19)11-15-5-2-3-8-20(15)24;4-7(5,6)3-1-2-3/h2-10,12-13H,11,14H2,1H3;3H,1-2H2,(H2,4,5,6). The largest absolute Gasteiger partial charge is 0.365 e. The maximum absolute atomic E-state index is 10.2. The molecule has 1 aliphatic carbocycles. The van der Waals surface area contributed by atoms with Crippen molar-refractivity contribution in [2.75, 3.05) is 6.61 Å². The molecule has 5 nitrogen and oxygen atoms in total. The van der Waals surface area contributed by atoms with Gasteiger partial charge < -0.3 is 4.74 Å². The molecule has 8 heteroatoms. The van der Waals surface area contributed by atoms with Crippen LogP contribution in [-0.4, -0.2) is 25.3 Å². The molecule has 1 atom stereocenters. The summed E-state index contributed by atoms with van der Waals surface area (Å²) in [6.45, 7) is 2.90. The lowest BCUT2D eigenvalue weighted by atomic mass is 10.0. The van der Waals surface area contributed by atoms with Crippen LogP contribution in [0.15, 0.2) is 66.9 Å². The lowest BCUT2D eigenvalue weighted by Gasteiger charge is -2.08. The molecule has 2 fully saturated rings. The van der Waals surface area contributed by atoms with Gasteiger partial charge in [0, 0.05) is 32.8 Å². The predicted molar refractivity (Wildman–Crippen MR) is 139 cm³/mol. The number of thiophene rings is 1. The van der Waals surface area contributed by atoms with Crippen LogP contribution in [0.1, 0.15) is 35.8 Å². The van der Waals surface area contributed by atoms with Crippen molar-refractivity contribution in [2.24, 2.45) is 5.14 Å². The van der Waals surface area contributed by atoms with Crippen LogP contribution in [-0.2, 0) is 26.8 Å². The number of benzene rings is 2. The van der Waals surface area contributed by atoms with Gasteiger partial charge in [-0.2, -0.15) is 0 Å². The van der Waals surface area contributed by atoms with Crippen molar-refractivity contribution >= 4 is 43.0 Å². The highest BCUT2D eigenvalue weighted by Crippen LogP contribution is 2.40. The monoisotopic (exact) mass is 512 g/mol. The average molecular weight is 513 g/mol. The molecule has 0 radical (unpaired) electrons. The quantitative estimate of drug-likeness (QED) is 0.338. The van der Waals surface area contributed by atoms with Crippen molar-refractivity contribution in [3.63, 3.8) is 0 Å². The Morgan fingerprint density at radius 1 is 1.15 bits per heavy atom. The van der Waals surface area contributed by atoms with Crippen molar-refractivity contribution in [1.82, 2.24) is 4.98 Å². The van der Waals surface area contributed by atoms with Crippen LogP contribution in [0, 0.1) is 0 Å². The summed E-state index contributed by atoms with van der Waals surface area (Å²) in [6, 6.07) is 21.0. The molecule has 0 amide bonds. The minimum absolute atomic E-state index is 0.143. The third kappa shape index (κ3) is 5.19. The van der Waals surface area contributed by atoms with Crippen LogP contribution < -0.4 is 5.14 Å². The summed E-state index contributed by atoms with van der Waals surface area (Å²) in [7, 11) is -3.13. The van der Waals surface area contributed by atoms with Gasteiger partial charge in [-0.25, -0.2) is 13.6 Å². The number of sulfonamides is 1. The first kappa shape index (κ1) is 23.5. The Morgan fingerprint density at radius 3 is 2.56 bits per heavy atom. The van der Waals surface area contributed by atoms with Gasteiger partial charge in [-0.15, -0.1) is 11.3 Å². The van der Waals surface area contributed by atoms with Crippen molar-refractivity contribution < 1.29 is 13.2 Å². The molecule has 1 saturated carbocycles. The van der Waals surface area contributed by atoms with E-state index in [1.54, 1.807) is 0 Å². The van der Waals surface area contributed by atoms with E-state index in [0.29, 0.717) is 0 Å². The minimum atomic E-state index is -3.13. The molecule has 0 bridgehead atoms. The van der Waals surface area contributed by atoms with Crippen LogP contribution in [0.25, 0.3) is 21.3 Å². The number of hydrogen-bond donors (Lipinski definition) is 1. The van der Waals surface area contributed by atoms with E-state index < -0.39 is 10.0 Å². The molecule has 2 N–H and O–H groups in total. The summed E-state index contributed by atoms with van der Waals surface area (Å²) in [6.07, 6.45) is 4.25. The first-order chi connectivity index (χ1) is 16.2. The zero-order valence-corrected chi connectivity index (χ0v) is 21.1. The number of epoxide rings is 1. The van der Waals surface area contributed by atoms with Gasteiger partial charge in [0.15, 0.2) is 0 Å². The Kier molecular flexibility index (Phi) is 6.25. The number of nitrogens with two attached hydrogens (primary N) is 1. The van der Waals surface area contributed by atoms with Crippen LogP contribution in [0.4, 0.5) is 0 Å². The third-order valence-electron chi connectivity index (χ3n) is 6.13. The predicted octanol–water partition coefficient (Wildman–Crippen LogP) is 5.89. The Labute approximate surface area is 208 Å². The second kappa shape index (κ2) is 9.06. The van der Waals surface area contributed by atoms with Gasteiger partial charge in [-0.1, -0.05) is 48.0 Å². The number of primary sulfonamides is 1. The molecular weight excluding hydrogens is 488 g/mol. The van der Waals surface area contributed by atoms with Crippen LogP contribution in [0.5, 0.6) is 0 Å². The summed E-state index contributed by atoms with van der Waals surface area (Å²) >= 11 is 8.17. The molecule has 176 valence electrons. The van der Waals surface area contributed by atoms with Crippen molar-refractivity contribution in [1.29, 1.82) is 0 Å². The highest BCUT2D eigenvalue weighted by atomic mass is 35.5. The van der Waals surface area contributed by atoms with Crippen molar-refractivity contribution in [3.05, 3.63) is 87.9 Å². The summed E-state index contributed by atoms with van der Waals surface area (Å²) in [4.78, 5) is 5.94. The van der Waals surface area contributed by atoms with E-state index in [9.17, 15) is 8.42 Å². The Balaban J connectivity index is 0.000000297. The molecule has 6 rings (SSSR count). The van der Waals surface area contributed by atoms with Gasteiger partial charge in [-0.3, -0.25) is 4.98 Å². The molecule has 4 aromatic rings. The highest BCUT2D eigenvalue weighted by Gasteiger charge is 2.41. The smallest absolute Gasteiger partial charge is 0.211 e.